The van der Waals surface area contributed by atoms with Crippen LogP contribution in [0.4, 0.5) is 0 Å². The Morgan fingerprint density at radius 2 is 2.00 bits per heavy atom. The molecule has 1 aromatic carbocycles. The quantitative estimate of drug-likeness (QED) is 0.938. The molecule has 2 nitrogen and oxygen atoms in total. The van der Waals surface area contributed by atoms with Crippen molar-refractivity contribution in [2.75, 3.05) is 0 Å². The second-order valence-corrected chi connectivity index (χ2v) is 5.41. The lowest BCUT2D eigenvalue weighted by Crippen LogP contribution is -1.87. The minimum absolute atomic E-state index is 0.0807. The van der Waals surface area contributed by atoms with Gasteiger partial charge in [-0.1, -0.05) is 35.0 Å². The third kappa shape index (κ3) is 2.34. The molecule has 0 saturated heterocycles. The van der Waals surface area contributed by atoms with Gasteiger partial charge in [0.15, 0.2) is 0 Å². The summed E-state index contributed by atoms with van der Waals surface area (Å²) in [6.07, 6.45) is 0.864. The average Bonchev–Trinajstić information content (AvgIpc) is 2.73. The smallest absolute Gasteiger partial charge is 0.123 e. The summed E-state index contributed by atoms with van der Waals surface area (Å²) in [5.41, 5.74) is 2.10. The van der Waals surface area contributed by atoms with Gasteiger partial charge in [0.05, 0.1) is 17.2 Å². The maximum Gasteiger partial charge on any atom is 0.123 e. The summed E-state index contributed by atoms with van der Waals surface area (Å²) in [4.78, 5) is 5.52. The van der Waals surface area contributed by atoms with Crippen molar-refractivity contribution in [2.45, 2.75) is 20.0 Å². The fraction of sp³-hybridized carbons (Fsp3) is 0.250. The Hall–Kier alpha value is -0.710. The molecule has 2 aromatic rings. The number of hydrogen-bond acceptors (Lipinski definition) is 3. The number of nitrogens with zero attached hydrogens (tertiary/aromatic N) is 1. The molecule has 2 rings (SSSR count). The van der Waals surface area contributed by atoms with Crippen molar-refractivity contribution < 1.29 is 5.11 Å². The highest BCUT2D eigenvalue weighted by molar-refractivity contribution is 9.10. The van der Waals surface area contributed by atoms with Crippen molar-refractivity contribution in [2.24, 2.45) is 0 Å². The van der Waals surface area contributed by atoms with E-state index in [1.807, 2.05) is 24.3 Å². The number of aryl methyl sites for hydroxylation is 1. The van der Waals surface area contributed by atoms with Gasteiger partial charge in [-0.05, 0) is 18.6 Å². The van der Waals surface area contributed by atoms with E-state index in [4.69, 9.17) is 0 Å². The number of benzene rings is 1. The van der Waals surface area contributed by atoms with Crippen LogP contribution in [-0.2, 0) is 13.0 Å². The van der Waals surface area contributed by atoms with Gasteiger partial charge < -0.3 is 5.11 Å². The number of thiazole rings is 1. The molecule has 0 aliphatic heterocycles. The molecule has 0 atom stereocenters. The van der Waals surface area contributed by atoms with Gasteiger partial charge in [0.1, 0.15) is 5.01 Å². The van der Waals surface area contributed by atoms with Crippen LogP contribution in [-0.4, -0.2) is 10.1 Å². The third-order valence-electron chi connectivity index (χ3n) is 2.35. The highest BCUT2D eigenvalue weighted by Gasteiger charge is 2.10. The second kappa shape index (κ2) is 5.08. The zero-order chi connectivity index (χ0) is 11.5. The van der Waals surface area contributed by atoms with Gasteiger partial charge in [-0.15, -0.1) is 11.3 Å². The minimum atomic E-state index is 0.0807. The molecular formula is C12H12BrNOS. The van der Waals surface area contributed by atoms with Crippen LogP contribution < -0.4 is 0 Å². The Labute approximate surface area is 107 Å². The molecule has 0 spiro atoms. The van der Waals surface area contributed by atoms with Crippen LogP contribution in [0.25, 0.3) is 10.6 Å². The lowest BCUT2D eigenvalue weighted by atomic mass is 10.2. The van der Waals surface area contributed by atoms with Crippen molar-refractivity contribution >= 4 is 27.3 Å². The van der Waals surface area contributed by atoms with E-state index in [2.05, 4.69) is 27.8 Å². The first-order valence-electron chi connectivity index (χ1n) is 5.10. The predicted octanol–water partition coefficient (Wildman–Crippen LogP) is 3.63. The van der Waals surface area contributed by atoms with Crippen molar-refractivity contribution in [1.82, 2.24) is 4.98 Å². The van der Waals surface area contributed by atoms with Gasteiger partial charge >= 0.3 is 0 Å². The van der Waals surface area contributed by atoms with Crippen LogP contribution in [0, 0.1) is 0 Å². The molecule has 0 bridgehead atoms. The molecule has 4 heteroatoms. The average molecular weight is 298 g/mol. The van der Waals surface area contributed by atoms with E-state index in [1.54, 1.807) is 11.3 Å². The summed E-state index contributed by atoms with van der Waals surface area (Å²) in [5, 5.41) is 10.2. The van der Waals surface area contributed by atoms with Crippen molar-refractivity contribution in [3.05, 3.63) is 39.3 Å². The summed E-state index contributed by atoms with van der Waals surface area (Å²) in [6.45, 7) is 2.14. The Bertz CT molecular complexity index is 457. The normalized spacial score (nSPS) is 10.7. The maximum atomic E-state index is 9.22. The van der Waals surface area contributed by atoms with Gasteiger partial charge in [-0.2, -0.15) is 0 Å². The van der Waals surface area contributed by atoms with Gasteiger partial charge in [0, 0.05) is 10.0 Å². The predicted molar refractivity (Wildman–Crippen MR) is 70.6 cm³/mol. The fourth-order valence-electron chi connectivity index (χ4n) is 1.50. The fourth-order valence-corrected chi connectivity index (χ4v) is 2.78. The van der Waals surface area contributed by atoms with Crippen LogP contribution in [0.3, 0.4) is 0 Å². The van der Waals surface area contributed by atoms with Crippen molar-refractivity contribution in [1.29, 1.82) is 0 Å². The molecule has 1 heterocycles. The lowest BCUT2D eigenvalue weighted by Gasteiger charge is -1.95. The van der Waals surface area contributed by atoms with Crippen LogP contribution in [0.5, 0.6) is 0 Å². The molecule has 0 saturated carbocycles. The summed E-state index contributed by atoms with van der Waals surface area (Å²) >= 11 is 4.97. The molecule has 0 unspecified atom stereocenters. The second-order valence-electron chi connectivity index (χ2n) is 3.41. The SMILES string of the molecule is CCc1nc(-c2ccc(Br)cc2)sc1CO. The van der Waals surface area contributed by atoms with Gasteiger partial charge in [0.25, 0.3) is 0 Å². The molecule has 0 amide bonds. The molecule has 1 aromatic heterocycles. The zero-order valence-corrected chi connectivity index (χ0v) is 11.3. The molecule has 0 fully saturated rings. The van der Waals surface area contributed by atoms with Crippen molar-refractivity contribution in [3.63, 3.8) is 0 Å². The number of halogens is 1. The topological polar surface area (TPSA) is 33.1 Å². The monoisotopic (exact) mass is 297 g/mol. The number of hydrogen-bond donors (Lipinski definition) is 1. The van der Waals surface area contributed by atoms with Crippen LogP contribution in [0.15, 0.2) is 28.7 Å². The summed E-state index contributed by atoms with van der Waals surface area (Å²) < 4.78 is 1.06. The van der Waals surface area contributed by atoms with E-state index >= 15 is 0 Å². The molecule has 16 heavy (non-hydrogen) atoms. The molecule has 84 valence electrons. The first kappa shape index (κ1) is 11.8. The molecule has 0 radical (unpaired) electrons. The maximum absolute atomic E-state index is 9.22. The van der Waals surface area contributed by atoms with Gasteiger partial charge in [0.2, 0.25) is 0 Å². The van der Waals surface area contributed by atoms with E-state index in [-0.39, 0.29) is 6.61 Å². The Balaban J connectivity index is 2.40. The summed E-state index contributed by atoms with van der Waals surface area (Å²) in [7, 11) is 0. The number of aliphatic hydroxyl groups is 1. The van der Waals surface area contributed by atoms with Crippen LogP contribution in [0.1, 0.15) is 17.5 Å². The van der Waals surface area contributed by atoms with Gasteiger partial charge in [-0.25, -0.2) is 4.98 Å². The Morgan fingerprint density at radius 1 is 1.31 bits per heavy atom. The van der Waals surface area contributed by atoms with E-state index in [0.717, 1.165) is 32.0 Å². The van der Waals surface area contributed by atoms with Gasteiger partial charge in [-0.3, -0.25) is 0 Å². The number of aromatic nitrogens is 1. The van der Waals surface area contributed by atoms with Crippen LogP contribution in [0.2, 0.25) is 0 Å². The van der Waals surface area contributed by atoms with Crippen molar-refractivity contribution in [3.8, 4) is 10.6 Å². The Morgan fingerprint density at radius 3 is 2.50 bits per heavy atom. The Kier molecular flexibility index (Phi) is 3.74. The first-order valence-corrected chi connectivity index (χ1v) is 6.71. The highest BCUT2D eigenvalue weighted by atomic mass is 79.9. The molecule has 0 aliphatic carbocycles. The van der Waals surface area contributed by atoms with E-state index in [1.165, 1.54) is 0 Å². The van der Waals surface area contributed by atoms with E-state index < -0.39 is 0 Å². The molecule has 0 aliphatic rings. The van der Waals surface area contributed by atoms with Crippen LogP contribution >= 0.6 is 27.3 Å². The standard InChI is InChI=1S/C12H12BrNOS/c1-2-10-11(7-15)16-12(14-10)8-3-5-9(13)6-4-8/h3-6,15H,2,7H2,1H3. The molecule has 1 N–H and O–H groups in total. The first-order chi connectivity index (χ1) is 7.74. The molecular weight excluding hydrogens is 286 g/mol. The number of aliphatic hydroxyl groups excluding tert-OH is 1. The lowest BCUT2D eigenvalue weighted by molar-refractivity contribution is 0.284. The zero-order valence-electron chi connectivity index (χ0n) is 8.90. The highest BCUT2D eigenvalue weighted by Crippen LogP contribution is 2.29. The van der Waals surface area contributed by atoms with E-state index in [9.17, 15) is 5.11 Å². The summed E-state index contributed by atoms with van der Waals surface area (Å²) in [6, 6.07) is 8.06. The summed E-state index contributed by atoms with van der Waals surface area (Å²) in [5.74, 6) is 0. The largest absolute Gasteiger partial charge is 0.391 e. The number of rotatable bonds is 3. The third-order valence-corrected chi connectivity index (χ3v) is 4.01. The van der Waals surface area contributed by atoms with E-state index in [0.29, 0.717) is 0 Å². The minimum Gasteiger partial charge on any atom is -0.391 e.